The van der Waals surface area contributed by atoms with E-state index in [4.69, 9.17) is 9.15 Å². The molecule has 10 nitrogen and oxygen atoms in total. The predicted octanol–water partition coefficient (Wildman–Crippen LogP) is 4.54. The molecule has 194 valence electrons. The van der Waals surface area contributed by atoms with E-state index in [1.807, 2.05) is 26.8 Å². The van der Waals surface area contributed by atoms with Gasteiger partial charge < -0.3 is 28.7 Å². The number of hydrogen-bond donors (Lipinski definition) is 1. The summed E-state index contributed by atoms with van der Waals surface area (Å²) >= 11 is 0. The lowest BCUT2D eigenvalue weighted by atomic mass is 10.1. The fourth-order valence-electron chi connectivity index (χ4n) is 4.43. The maximum Gasteiger partial charge on any atom is 0.410 e. The van der Waals surface area contributed by atoms with Crippen LogP contribution in [0.5, 0.6) is 0 Å². The van der Waals surface area contributed by atoms with Crippen molar-refractivity contribution in [3.63, 3.8) is 0 Å². The van der Waals surface area contributed by atoms with E-state index in [0.29, 0.717) is 60.1 Å². The number of carbonyl (C=O) groups is 2. The molecule has 0 atom stereocenters. The largest absolute Gasteiger partial charge is 0.444 e. The van der Waals surface area contributed by atoms with Crippen molar-refractivity contribution in [2.75, 3.05) is 36.4 Å². The Morgan fingerprint density at radius 3 is 2.51 bits per heavy atom. The lowest BCUT2D eigenvalue weighted by Gasteiger charge is -2.36. The minimum absolute atomic E-state index is 0.195. The van der Waals surface area contributed by atoms with Gasteiger partial charge in [-0.3, -0.25) is 4.79 Å². The standard InChI is InChI=1S/C26H29FN6O4/c1-15-13-33-14-17(12-19(27)23(33)28-15)30-24(34)18-6-7-20(22-21(18)29-16(2)36-22)31-8-10-32(11-9-31)25(35)37-26(3,4)5/h6-7,12-14H,8-11H2,1-5H3,(H,30,34). The highest BCUT2D eigenvalue weighted by Gasteiger charge is 2.28. The van der Waals surface area contributed by atoms with Gasteiger partial charge in [0.15, 0.2) is 22.9 Å². The molecule has 2 amide bonds. The molecule has 11 heteroatoms. The molecule has 1 fully saturated rings. The predicted molar refractivity (Wildman–Crippen MR) is 137 cm³/mol. The van der Waals surface area contributed by atoms with Crippen LogP contribution in [-0.4, -0.2) is 63.0 Å². The van der Waals surface area contributed by atoms with Gasteiger partial charge in [-0.1, -0.05) is 0 Å². The monoisotopic (exact) mass is 508 g/mol. The molecule has 1 aromatic carbocycles. The number of fused-ring (bicyclic) bond motifs is 2. The van der Waals surface area contributed by atoms with Crippen molar-refractivity contribution >= 4 is 40.1 Å². The van der Waals surface area contributed by atoms with Crippen LogP contribution >= 0.6 is 0 Å². The molecule has 0 spiro atoms. The number of amides is 2. The third-order valence-electron chi connectivity index (χ3n) is 6.03. The number of carbonyl (C=O) groups excluding carboxylic acids is 2. The summed E-state index contributed by atoms with van der Waals surface area (Å²) in [6, 6.07) is 4.74. The van der Waals surface area contributed by atoms with Crippen LogP contribution in [0.25, 0.3) is 16.7 Å². The lowest BCUT2D eigenvalue weighted by Crippen LogP contribution is -2.50. The highest BCUT2D eigenvalue weighted by Crippen LogP contribution is 2.32. The van der Waals surface area contributed by atoms with Crippen molar-refractivity contribution in [1.82, 2.24) is 19.3 Å². The zero-order chi connectivity index (χ0) is 26.5. The van der Waals surface area contributed by atoms with Gasteiger partial charge in [0.2, 0.25) is 0 Å². The van der Waals surface area contributed by atoms with Gasteiger partial charge in [0.1, 0.15) is 11.1 Å². The van der Waals surface area contributed by atoms with Crippen molar-refractivity contribution in [1.29, 1.82) is 0 Å². The minimum Gasteiger partial charge on any atom is -0.444 e. The van der Waals surface area contributed by atoms with Gasteiger partial charge in [-0.15, -0.1) is 0 Å². The first kappa shape index (κ1) is 24.5. The topological polar surface area (TPSA) is 105 Å². The molecule has 1 saturated heterocycles. The van der Waals surface area contributed by atoms with E-state index in [1.165, 1.54) is 10.5 Å². The number of hydrogen-bond acceptors (Lipinski definition) is 7. The van der Waals surface area contributed by atoms with Crippen LogP contribution < -0.4 is 10.2 Å². The number of benzene rings is 1. The minimum atomic E-state index is -0.552. The van der Waals surface area contributed by atoms with Crippen LogP contribution in [0.1, 0.15) is 42.7 Å². The van der Waals surface area contributed by atoms with Gasteiger partial charge in [-0.2, -0.15) is 0 Å². The number of imidazole rings is 1. The van der Waals surface area contributed by atoms with Gasteiger partial charge >= 0.3 is 6.09 Å². The number of nitrogens with one attached hydrogen (secondary N) is 1. The molecule has 1 N–H and O–H groups in total. The van der Waals surface area contributed by atoms with Crippen LogP contribution in [0.3, 0.4) is 0 Å². The average molecular weight is 509 g/mol. The number of aryl methyl sites for hydroxylation is 2. The van der Waals surface area contributed by atoms with Gasteiger partial charge in [-0.05, 0) is 39.8 Å². The van der Waals surface area contributed by atoms with Gasteiger partial charge in [0.25, 0.3) is 5.91 Å². The number of rotatable bonds is 3. The molecule has 0 saturated carbocycles. The second-order valence-electron chi connectivity index (χ2n) is 10.1. The third kappa shape index (κ3) is 4.93. The molecule has 0 aliphatic carbocycles. The second-order valence-corrected chi connectivity index (χ2v) is 10.1. The van der Waals surface area contributed by atoms with Crippen molar-refractivity contribution in [3.05, 3.63) is 53.6 Å². The molecular weight excluding hydrogens is 479 g/mol. The number of oxazole rings is 1. The first-order chi connectivity index (χ1) is 17.5. The average Bonchev–Trinajstić information content (AvgIpc) is 3.39. The molecule has 37 heavy (non-hydrogen) atoms. The number of anilines is 2. The zero-order valence-electron chi connectivity index (χ0n) is 21.5. The van der Waals surface area contributed by atoms with Gasteiger partial charge in [-0.25, -0.2) is 19.2 Å². The smallest absolute Gasteiger partial charge is 0.410 e. The van der Waals surface area contributed by atoms with Crippen LogP contribution in [0.15, 0.2) is 35.0 Å². The summed E-state index contributed by atoms with van der Waals surface area (Å²) in [6.45, 7) is 11.2. The Morgan fingerprint density at radius 2 is 1.81 bits per heavy atom. The molecule has 1 aliphatic rings. The van der Waals surface area contributed by atoms with E-state index in [0.717, 1.165) is 5.69 Å². The summed E-state index contributed by atoms with van der Waals surface area (Å²) in [5.74, 6) is -0.547. The SMILES string of the molecule is Cc1cn2cc(NC(=O)c3ccc(N4CCN(C(=O)OC(C)(C)C)CC4)c4oc(C)nc34)cc(F)c2n1. The summed E-state index contributed by atoms with van der Waals surface area (Å²) in [4.78, 5) is 38.0. The molecule has 4 heterocycles. The molecule has 0 bridgehead atoms. The summed E-state index contributed by atoms with van der Waals surface area (Å²) in [7, 11) is 0. The Morgan fingerprint density at radius 1 is 1.08 bits per heavy atom. The van der Waals surface area contributed by atoms with Crippen molar-refractivity contribution < 1.29 is 23.1 Å². The van der Waals surface area contributed by atoms with E-state index in [-0.39, 0.29) is 11.7 Å². The summed E-state index contributed by atoms with van der Waals surface area (Å²) in [6.07, 6.45) is 2.96. The van der Waals surface area contributed by atoms with E-state index in [9.17, 15) is 14.0 Å². The molecule has 3 aromatic heterocycles. The molecule has 4 aromatic rings. The van der Waals surface area contributed by atoms with Crippen LogP contribution in [0, 0.1) is 19.7 Å². The Kier molecular flexibility index (Phi) is 6.01. The molecular formula is C26H29FN6O4. The van der Waals surface area contributed by atoms with E-state index >= 15 is 0 Å². The maximum absolute atomic E-state index is 14.5. The number of piperazine rings is 1. The molecule has 1 aliphatic heterocycles. The Labute approximate surface area is 213 Å². The Hall–Kier alpha value is -4.15. The number of nitrogens with zero attached hydrogens (tertiary/aromatic N) is 5. The van der Waals surface area contributed by atoms with Gasteiger partial charge in [0, 0.05) is 51.6 Å². The van der Waals surface area contributed by atoms with Gasteiger partial charge in [0.05, 0.1) is 22.6 Å². The Balaban J connectivity index is 1.37. The number of halogens is 1. The van der Waals surface area contributed by atoms with Crippen molar-refractivity contribution in [2.45, 2.75) is 40.2 Å². The summed E-state index contributed by atoms with van der Waals surface area (Å²) in [5, 5.41) is 2.76. The van der Waals surface area contributed by atoms with Crippen LogP contribution in [-0.2, 0) is 4.74 Å². The zero-order valence-corrected chi connectivity index (χ0v) is 21.5. The van der Waals surface area contributed by atoms with Crippen molar-refractivity contribution in [2.24, 2.45) is 0 Å². The number of aromatic nitrogens is 3. The second kappa shape index (κ2) is 9.06. The first-order valence-corrected chi connectivity index (χ1v) is 12.1. The maximum atomic E-state index is 14.5. The number of ether oxygens (including phenoxy) is 1. The highest BCUT2D eigenvalue weighted by molar-refractivity contribution is 6.13. The molecule has 0 radical (unpaired) electrons. The third-order valence-corrected chi connectivity index (χ3v) is 6.03. The fourth-order valence-corrected chi connectivity index (χ4v) is 4.43. The van der Waals surface area contributed by atoms with Crippen LogP contribution in [0.4, 0.5) is 20.6 Å². The molecule has 5 rings (SSSR count). The normalized spacial score (nSPS) is 14.4. The van der Waals surface area contributed by atoms with Crippen LogP contribution in [0.2, 0.25) is 0 Å². The van der Waals surface area contributed by atoms with E-state index in [1.54, 1.807) is 37.2 Å². The van der Waals surface area contributed by atoms with E-state index < -0.39 is 17.3 Å². The summed E-state index contributed by atoms with van der Waals surface area (Å²) < 4.78 is 27.4. The lowest BCUT2D eigenvalue weighted by molar-refractivity contribution is 0.0240. The quantitative estimate of drug-likeness (QED) is 0.433. The number of pyridine rings is 1. The fraction of sp³-hybridized carbons (Fsp3) is 0.385. The summed E-state index contributed by atoms with van der Waals surface area (Å²) in [5.41, 5.74) is 2.62. The molecule has 0 unspecified atom stereocenters. The first-order valence-electron chi connectivity index (χ1n) is 12.1. The van der Waals surface area contributed by atoms with E-state index in [2.05, 4.69) is 20.2 Å². The Bertz CT molecular complexity index is 1510. The van der Waals surface area contributed by atoms with Crippen molar-refractivity contribution in [3.8, 4) is 0 Å². The highest BCUT2D eigenvalue weighted by atomic mass is 19.1.